The van der Waals surface area contributed by atoms with Gasteiger partial charge in [-0.2, -0.15) is 0 Å². The Labute approximate surface area is 105 Å². The maximum absolute atomic E-state index is 9.28. The Balaban J connectivity index is 2.27. The molecule has 3 N–H and O–H groups in total. The third kappa shape index (κ3) is 1.56. The predicted octanol–water partition coefficient (Wildman–Crippen LogP) is 3.27. The Morgan fingerprint density at radius 1 is 1.06 bits per heavy atom. The first-order chi connectivity index (χ1) is 8.70. The van der Waals surface area contributed by atoms with Crippen LogP contribution in [-0.4, -0.2) is 15.1 Å². The lowest BCUT2D eigenvalue weighted by Crippen LogP contribution is -1.81. The zero-order chi connectivity index (χ0) is 12.7. The summed E-state index contributed by atoms with van der Waals surface area (Å²) < 4.78 is 0. The summed E-state index contributed by atoms with van der Waals surface area (Å²) in [5, 5.41) is 10.5. The number of para-hydroxylation sites is 1. The summed E-state index contributed by atoms with van der Waals surface area (Å²) in [4.78, 5) is 6.74. The summed E-state index contributed by atoms with van der Waals surface area (Å²) in [6, 6.07) is 10.3. The van der Waals surface area contributed by atoms with Crippen LogP contribution in [0.3, 0.4) is 0 Å². The van der Waals surface area contributed by atoms with Gasteiger partial charge in [-0.25, -0.2) is 0 Å². The van der Waals surface area contributed by atoms with Crippen LogP contribution in [0.4, 0.5) is 0 Å². The molecule has 0 radical (unpaired) electrons. The van der Waals surface area contributed by atoms with Gasteiger partial charge in [-0.1, -0.05) is 18.2 Å². The van der Waals surface area contributed by atoms with Gasteiger partial charge in [0, 0.05) is 33.5 Å². The van der Waals surface area contributed by atoms with E-state index in [1.807, 2.05) is 25.1 Å². The van der Waals surface area contributed by atoms with Crippen molar-refractivity contribution < 1.29 is 5.11 Å². The van der Waals surface area contributed by atoms with E-state index in [9.17, 15) is 5.11 Å². The molecule has 0 aliphatic heterocycles. The fourth-order valence-electron chi connectivity index (χ4n) is 2.52. The largest absolute Gasteiger partial charge is 0.392 e. The first-order valence-corrected chi connectivity index (χ1v) is 6.07. The summed E-state index contributed by atoms with van der Waals surface area (Å²) in [5.41, 5.74) is 6.51. The first kappa shape index (κ1) is 11.1. The van der Waals surface area contributed by atoms with Crippen molar-refractivity contribution in [3.05, 3.63) is 47.3 Å². The van der Waals surface area contributed by atoms with Crippen molar-refractivity contribution in [2.24, 2.45) is 0 Å². The maximum atomic E-state index is 9.28. The van der Waals surface area contributed by atoms with Crippen molar-refractivity contribution in [1.29, 1.82) is 0 Å². The molecular formula is C15H16N2O. The van der Waals surface area contributed by atoms with E-state index < -0.39 is 0 Å². The molecule has 18 heavy (non-hydrogen) atoms. The molecule has 2 aromatic heterocycles. The number of aromatic amines is 2. The minimum Gasteiger partial charge on any atom is -0.392 e. The number of hydrogen-bond donors (Lipinski definition) is 3. The van der Waals surface area contributed by atoms with Crippen LogP contribution in [0.2, 0.25) is 0 Å². The predicted molar refractivity (Wildman–Crippen MR) is 73.5 cm³/mol. The number of fused-ring (bicyclic) bond motifs is 1. The molecule has 0 aliphatic carbocycles. The minimum atomic E-state index is 0.0732. The SMILES string of the molecule is Cc1[nH]c(-c2c(C)[nH]c3ccccc23)cc1CO. The van der Waals surface area contributed by atoms with Crippen molar-refractivity contribution in [3.8, 4) is 11.3 Å². The molecule has 2 heterocycles. The number of aliphatic hydroxyl groups excluding tert-OH is 1. The van der Waals surface area contributed by atoms with E-state index in [0.717, 1.165) is 28.2 Å². The first-order valence-electron chi connectivity index (χ1n) is 6.07. The molecule has 0 aliphatic rings. The van der Waals surface area contributed by atoms with E-state index >= 15 is 0 Å². The van der Waals surface area contributed by atoms with Crippen molar-refractivity contribution in [3.63, 3.8) is 0 Å². The van der Waals surface area contributed by atoms with Gasteiger partial charge in [-0.3, -0.25) is 0 Å². The Bertz CT molecular complexity index is 706. The molecule has 3 heteroatoms. The van der Waals surface area contributed by atoms with Gasteiger partial charge in [0.15, 0.2) is 0 Å². The van der Waals surface area contributed by atoms with Crippen LogP contribution >= 0.6 is 0 Å². The Hall–Kier alpha value is -2.00. The molecule has 0 unspecified atom stereocenters. The highest BCUT2D eigenvalue weighted by molar-refractivity contribution is 5.96. The van der Waals surface area contributed by atoms with E-state index in [1.54, 1.807) is 0 Å². The second kappa shape index (κ2) is 4.03. The molecule has 1 aromatic carbocycles. The van der Waals surface area contributed by atoms with Gasteiger partial charge in [0.05, 0.1) is 6.61 Å². The molecule has 0 bridgehead atoms. The van der Waals surface area contributed by atoms with E-state index in [2.05, 4.69) is 29.0 Å². The highest BCUT2D eigenvalue weighted by Crippen LogP contribution is 2.32. The van der Waals surface area contributed by atoms with Crippen LogP contribution in [0.25, 0.3) is 22.2 Å². The van der Waals surface area contributed by atoms with Crippen LogP contribution in [0.5, 0.6) is 0 Å². The molecule has 0 spiro atoms. The second-order valence-corrected chi connectivity index (χ2v) is 4.66. The number of aliphatic hydroxyl groups is 1. The van der Waals surface area contributed by atoms with E-state index in [0.29, 0.717) is 0 Å². The molecule has 0 saturated carbocycles. The van der Waals surface area contributed by atoms with Gasteiger partial charge in [-0.05, 0) is 31.5 Å². The number of benzene rings is 1. The molecule has 0 amide bonds. The van der Waals surface area contributed by atoms with E-state index in [4.69, 9.17) is 0 Å². The molecule has 92 valence electrons. The highest BCUT2D eigenvalue weighted by atomic mass is 16.3. The molecule has 3 aromatic rings. The number of nitrogens with one attached hydrogen (secondary N) is 2. The fourth-order valence-corrected chi connectivity index (χ4v) is 2.52. The lowest BCUT2D eigenvalue weighted by molar-refractivity contribution is 0.281. The molecule has 0 atom stereocenters. The minimum absolute atomic E-state index is 0.0732. The Morgan fingerprint density at radius 3 is 2.56 bits per heavy atom. The number of aryl methyl sites for hydroxylation is 2. The molecule has 3 nitrogen and oxygen atoms in total. The monoisotopic (exact) mass is 240 g/mol. The van der Waals surface area contributed by atoms with E-state index in [1.165, 1.54) is 10.9 Å². The summed E-state index contributed by atoms with van der Waals surface area (Å²) in [7, 11) is 0. The van der Waals surface area contributed by atoms with Gasteiger partial charge < -0.3 is 15.1 Å². The number of aromatic nitrogens is 2. The van der Waals surface area contributed by atoms with Gasteiger partial charge in [0.25, 0.3) is 0 Å². The lowest BCUT2D eigenvalue weighted by atomic mass is 10.1. The average Bonchev–Trinajstić information content (AvgIpc) is 2.88. The number of H-pyrrole nitrogens is 2. The topological polar surface area (TPSA) is 51.8 Å². The molecular weight excluding hydrogens is 224 g/mol. The standard InChI is InChI=1S/C15H16N2O/c1-9-11(8-18)7-14(16-9)15-10(2)17-13-6-4-3-5-12(13)15/h3-7,16-18H,8H2,1-2H3. The average molecular weight is 240 g/mol. The summed E-state index contributed by atoms with van der Waals surface area (Å²) in [5.74, 6) is 0. The van der Waals surface area contributed by atoms with Crippen LogP contribution < -0.4 is 0 Å². The quantitative estimate of drug-likeness (QED) is 0.632. The smallest absolute Gasteiger partial charge is 0.0699 e. The number of rotatable bonds is 2. The fraction of sp³-hybridized carbons (Fsp3) is 0.200. The molecule has 0 fully saturated rings. The van der Waals surface area contributed by atoms with Crippen molar-refractivity contribution >= 4 is 10.9 Å². The summed E-state index contributed by atoms with van der Waals surface area (Å²) >= 11 is 0. The normalized spacial score (nSPS) is 11.3. The van der Waals surface area contributed by atoms with Crippen LogP contribution in [0.1, 0.15) is 17.0 Å². The zero-order valence-corrected chi connectivity index (χ0v) is 10.5. The second-order valence-electron chi connectivity index (χ2n) is 4.66. The molecule has 3 rings (SSSR count). The Kier molecular flexibility index (Phi) is 2.49. The van der Waals surface area contributed by atoms with Crippen LogP contribution in [0, 0.1) is 13.8 Å². The third-order valence-corrected chi connectivity index (χ3v) is 3.46. The zero-order valence-electron chi connectivity index (χ0n) is 10.5. The van der Waals surface area contributed by atoms with Crippen LogP contribution in [0.15, 0.2) is 30.3 Å². The third-order valence-electron chi connectivity index (χ3n) is 3.46. The van der Waals surface area contributed by atoms with Gasteiger partial charge in [0.1, 0.15) is 0 Å². The van der Waals surface area contributed by atoms with Gasteiger partial charge in [-0.15, -0.1) is 0 Å². The maximum Gasteiger partial charge on any atom is 0.0699 e. The van der Waals surface area contributed by atoms with Gasteiger partial charge >= 0.3 is 0 Å². The summed E-state index contributed by atoms with van der Waals surface area (Å²) in [6.45, 7) is 4.13. The van der Waals surface area contributed by atoms with Crippen molar-refractivity contribution in [2.75, 3.05) is 0 Å². The van der Waals surface area contributed by atoms with Gasteiger partial charge in [0.2, 0.25) is 0 Å². The van der Waals surface area contributed by atoms with Crippen LogP contribution in [-0.2, 0) is 6.61 Å². The molecule has 0 saturated heterocycles. The highest BCUT2D eigenvalue weighted by Gasteiger charge is 2.13. The number of hydrogen-bond acceptors (Lipinski definition) is 1. The Morgan fingerprint density at radius 2 is 1.83 bits per heavy atom. The van der Waals surface area contributed by atoms with E-state index in [-0.39, 0.29) is 6.61 Å². The summed E-state index contributed by atoms with van der Waals surface area (Å²) in [6.07, 6.45) is 0. The lowest BCUT2D eigenvalue weighted by Gasteiger charge is -1.97. The van der Waals surface area contributed by atoms with Crippen molar-refractivity contribution in [1.82, 2.24) is 9.97 Å². The van der Waals surface area contributed by atoms with Crippen molar-refractivity contribution in [2.45, 2.75) is 20.5 Å².